The molecule has 1 aromatic carbocycles. The zero-order valence-electron chi connectivity index (χ0n) is 13.1. The minimum Gasteiger partial charge on any atom is -0.336 e. The van der Waals surface area contributed by atoms with Crippen molar-refractivity contribution in [1.29, 1.82) is 0 Å². The number of nitrogens with zero attached hydrogens (tertiary/aromatic N) is 4. The van der Waals surface area contributed by atoms with Crippen LogP contribution in [0.15, 0.2) is 30.6 Å². The molecule has 0 radical (unpaired) electrons. The van der Waals surface area contributed by atoms with Crippen molar-refractivity contribution in [3.05, 3.63) is 47.0 Å². The van der Waals surface area contributed by atoms with Crippen molar-refractivity contribution in [3.63, 3.8) is 0 Å². The molecule has 0 N–H and O–H groups in total. The van der Waals surface area contributed by atoms with Crippen molar-refractivity contribution in [3.8, 4) is 0 Å². The molecule has 7 heteroatoms. The van der Waals surface area contributed by atoms with Gasteiger partial charge in [-0.05, 0) is 37.8 Å². The Morgan fingerprint density at radius 1 is 1.25 bits per heavy atom. The van der Waals surface area contributed by atoms with Crippen LogP contribution in [0, 0.1) is 5.82 Å². The van der Waals surface area contributed by atoms with E-state index in [-0.39, 0.29) is 30.5 Å². The predicted molar refractivity (Wildman–Crippen MR) is 87.1 cm³/mol. The van der Waals surface area contributed by atoms with Gasteiger partial charge in [-0.15, -0.1) is 5.10 Å². The van der Waals surface area contributed by atoms with Crippen LogP contribution < -0.4 is 0 Å². The molecule has 5 nitrogen and oxygen atoms in total. The first-order valence-electron chi connectivity index (χ1n) is 8.23. The molecule has 2 bridgehead atoms. The summed E-state index contributed by atoms with van der Waals surface area (Å²) in [6, 6.07) is 5.19. The number of hydrogen-bond donors (Lipinski definition) is 0. The maximum absolute atomic E-state index is 14.0. The number of amides is 1. The molecule has 3 heterocycles. The lowest BCUT2D eigenvalue weighted by Gasteiger charge is -2.39. The molecule has 2 unspecified atom stereocenters. The quantitative estimate of drug-likeness (QED) is 0.856. The molecule has 2 fully saturated rings. The van der Waals surface area contributed by atoms with Crippen LogP contribution in [-0.4, -0.2) is 37.9 Å². The molecular formula is C17H18ClFN4O. The SMILES string of the molecule is O=C(Cc1c(F)cccc1Cl)N1C2CCC1CC(n1ccnn1)C2. The fraction of sp³-hybridized carbons (Fsp3) is 0.471. The number of benzene rings is 1. The second-order valence-electron chi connectivity index (χ2n) is 6.57. The number of carbonyl (C=O) groups is 1. The molecular weight excluding hydrogens is 331 g/mol. The number of piperidine rings is 1. The molecule has 4 rings (SSSR count). The Labute approximate surface area is 144 Å². The Morgan fingerprint density at radius 2 is 2.00 bits per heavy atom. The summed E-state index contributed by atoms with van der Waals surface area (Å²) < 4.78 is 15.9. The lowest BCUT2D eigenvalue weighted by molar-refractivity contribution is -0.135. The lowest BCUT2D eigenvalue weighted by atomic mass is 9.96. The first-order chi connectivity index (χ1) is 11.6. The normalized spacial score (nSPS) is 25.9. The molecule has 2 aliphatic heterocycles. The lowest BCUT2D eigenvalue weighted by Crippen LogP contribution is -2.47. The second-order valence-corrected chi connectivity index (χ2v) is 6.98. The molecule has 2 aliphatic rings. The van der Waals surface area contributed by atoms with Crippen LogP contribution >= 0.6 is 11.6 Å². The summed E-state index contributed by atoms with van der Waals surface area (Å²) in [5.41, 5.74) is 0.293. The summed E-state index contributed by atoms with van der Waals surface area (Å²) in [5, 5.41) is 8.28. The van der Waals surface area contributed by atoms with Gasteiger partial charge in [-0.1, -0.05) is 22.9 Å². The maximum Gasteiger partial charge on any atom is 0.227 e. The van der Waals surface area contributed by atoms with E-state index in [2.05, 4.69) is 10.3 Å². The van der Waals surface area contributed by atoms with Gasteiger partial charge in [-0.3, -0.25) is 4.79 Å². The van der Waals surface area contributed by atoms with E-state index in [1.807, 2.05) is 15.8 Å². The molecule has 1 aromatic heterocycles. The van der Waals surface area contributed by atoms with Crippen molar-refractivity contribution in [1.82, 2.24) is 19.9 Å². The van der Waals surface area contributed by atoms with Gasteiger partial charge in [0, 0.05) is 28.9 Å². The van der Waals surface area contributed by atoms with Crippen LogP contribution in [0.4, 0.5) is 4.39 Å². The van der Waals surface area contributed by atoms with Gasteiger partial charge in [0.1, 0.15) is 5.82 Å². The number of hydrogen-bond acceptors (Lipinski definition) is 3. The smallest absolute Gasteiger partial charge is 0.227 e. The van der Waals surface area contributed by atoms with Gasteiger partial charge in [0.25, 0.3) is 0 Å². The third-order valence-electron chi connectivity index (χ3n) is 5.20. The minimum absolute atomic E-state index is 0.0203. The zero-order chi connectivity index (χ0) is 16.7. The fourth-order valence-electron chi connectivity index (χ4n) is 4.13. The van der Waals surface area contributed by atoms with Crippen molar-refractivity contribution in [2.45, 2.75) is 50.2 Å². The maximum atomic E-state index is 14.0. The number of aromatic nitrogens is 3. The monoisotopic (exact) mass is 348 g/mol. The van der Waals surface area contributed by atoms with Crippen LogP contribution in [0.1, 0.15) is 37.3 Å². The van der Waals surface area contributed by atoms with E-state index in [1.54, 1.807) is 18.3 Å². The van der Waals surface area contributed by atoms with Crippen LogP contribution in [0.5, 0.6) is 0 Å². The van der Waals surface area contributed by atoms with Gasteiger partial charge < -0.3 is 4.90 Å². The van der Waals surface area contributed by atoms with Gasteiger partial charge in [0.2, 0.25) is 5.91 Å². The van der Waals surface area contributed by atoms with Gasteiger partial charge in [0.15, 0.2) is 0 Å². The van der Waals surface area contributed by atoms with E-state index in [1.165, 1.54) is 6.07 Å². The van der Waals surface area contributed by atoms with Crippen molar-refractivity contribution in [2.75, 3.05) is 0 Å². The van der Waals surface area contributed by atoms with E-state index in [9.17, 15) is 9.18 Å². The Balaban J connectivity index is 1.50. The molecule has 0 aliphatic carbocycles. The highest BCUT2D eigenvalue weighted by atomic mass is 35.5. The largest absolute Gasteiger partial charge is 0.336 e. The number of carbonyl (C=O) groups excluding carboxylic acids is 1. The first kappa shape index (κ1) is 15.6. The highest BCUT2D eigenvalue weighted by molar-refractivity contribution is 6.31. The Morgan fingerprint density at radius 3 is 2.62 bits per heavy atom. The summed E-state index contributed by atoms with van der Waals surface area (Å²) in [5.74, 6) is -0.452. The molecule has 24 heavy (non-hydrogen) atoms. The van der Waals surface area contributed by atoms with E-state index < -0.39 is 5.82 Å². The second kappa shape index (κ2) is 6.16. The van der Waals surface area contributed by atoms with E-state index >= 15 is 0 Å². The number of rotatable bonds is 3. The summed E-state index contributed by atoms with van der Waals surface area (Å²) in [7, 11) is 0. The molecule has 0 saturated carbocycles. The van der Waals surface area contributed by atoms with Crippen molar-refractivity contribution in [2.24, 2.45) is 0 Å². The fourth-order valence-corrected chi connectivity index (χ4v) is 4.36. The van der Waals surface area contributed by atoms with Gasteiger partial charge in [-0.25, -0.2) is 9.07 Å². The highest BCUT2D eigenvalue weighted by Crippen LogP contribution is 2.41. The third kappa shape index (κ3) is 2.69. The van der Waals surface area contributed by atoms with E-state index in [4.69, 9.17) is 11.6 Å². The molecule has 126 valence electrons. The zero-order valence-corrected chi connectivity index (χ0v) is 13.9. The average molecular weight is 349 g/mol. The number of halogens is 2. The molecule has 2 aromatic rings. The highest BCUT2D eigenvalue weighted by Gasteiger charge is 2.43. The van der Waals surface area contributed by atoms with Gasteiger partial charge in [0.05, 0.1) is 18.7 Å². The summed E-state index contributed by atoms with van der Waals surface area (Å²) in [4.78, 5) is 14.7. The number of fused-ring (bicyclic) bond motifs is 2. The topological polar surface area (TPSA) is 51.0 Å². The Hall–Kier alpha value is -1.95. The molecule has 2 saturated heterocycles. The summed E-state index contributed by atoms with van der Waals surface area (Å²) >= 11 is 6.06. The molecule has 2 atom stereocenters. The van der Waals surface area contributed by atoms with Gasteiger partial charge >= 0.3 is 0 Å². The standard InChI is InChI=1S/C17H18ClFN4O/c18-15-2-1-3-16(19)14(15)10-17(24)23-11-4-5-12(23)9-13(8-11)22-7-6-20-21-22/h1-3,6-7,11-13H,4-5,8-10H2. The van der Waals surface area contributed by atoms with Crippen LogP contribution in [0.25, 0.3) is 0 Å². The molecule has 1 amide bonds. The van der Waals surface area contributed by atoms with Crippen LogP contribution in [0.2, 0.25) is 5.02 Å². The van der Waals surface area contributed by atoms with Crippen molar-refractivity contribution < 1.29 is 9.18 Å². The van der Waals surface area contributed by atoms with Crippen molar-refractivity contribution >= 4 is 17.5 Å². The first-order valence-corrected chi connectivity index (χ1v) is 8.61. The summed E-state index contributed by atoms with van der Waals surface area (Å²) in [6.07, 6.45) is 7.30. The Bertz CT molecular complexity index is 717. The molecule has 0 spiro atoms. The van der Waals surface area contributed by atoms with Gasteiger partial charge in [-0.2, -0.15) is 0 Å². The third-order valence-corrected chi connectivity index (χ3v) is 5.56. The predicted octanol–water partition coefficient (Wildman–Crippen LogP) is 3.01. The Kier molecular flexibility index (Phi) is 4.00. The van der Waals surface area contributed by atoms with E-state index in [0.29, 0.717) is 10.6 Å². The minimum atomic E-state index is -0.416. The average Bonchev–Trinajstić information content (AvgIpc) is 3.18. The van der Waals surface area contributed by atoms with Crippen LogP contribution in [-0.2, 0) is 11.2 Å². The van der Waals surface area contributed by atoms with Crippen LogP contribution in [0.3, 0.4) is 0 Å². The van der Waals surface area contributed by atoms with E-state index in [0.717, 1.165) is 25.7 Å². The summed E-state index contributed by atoms with van der Waals surface area (Å²) in [6.45, 7) is 0.